The van der Waals surface area contributed by atoms with Crippen LogP contribution in [0.25, 0.3) is 6.08 Å². The number of ether oxygens (including phenoxy) is 1. The first-order valence-electron chi connectivity index (χ1n) is 6.77. The van der Waals surface area contributed by atoms with Gasteiger partial charge in [-0.05, 0) is 24.3 Å². The second-order valence-corrected chi connectivity index (χ2v) is 5.39. The lowest BCUT2D eigenvalue weighted by Crippen LogP contribution is -2.04. The highest BCUT2D eigenvalue weighted by Gasteiger charge is 2.19. The van der Waals surface area contributed by atoms with Crippen molar-refractivity contribution < 1.29 is 9.53 Å². The molecule has 0 heterocycles. The fourth-order valence-electron chi connectivity index (χ4n) is 1.99. The van der Waals surface area contributed by atoms with Crippen LogP contribution in [0.3, 0.4) is 0 Å². The normalized spacial score (nSPS) is 10.6. The summed E-state index contributed by atoms with van der Waals surface area (Å²) in [6.07, 6.45) is 1.38. The van der Waals surface area contributed by atoms with E-state index >= 15 is 0 Å². The highest BCUT2D eigenvalue weighted by atomic mass is 35.5. The minimum atomic E-state index is -0.580. The molecular weight excluding hydrogens is 347 g/mol. The Labute approximate surface area is 149 Å². The van der Waals surface area contributed by atoms with E-state index in [9.17, 15) is 10.1 Å². The number of nitrogens with zero attached hydrogens (tertiary/aromatic N) is 2. The third-order valence-electron chi connectivity index (χ3n) is 3.07. The monoisotopic (exact) mass is 356 g/mol. The maximum atomic E-state index is 12.6. The Balaban J connectivity index is 2.46. The zero-order valence-electron chi connectivity index (χ0n) is 12.3. The Hall–Kier alpha value is -2.79. The summed E-state index contributed by atoms with van der Waals surface area (Å²) >= 11 is 12.1. The summed E-state index contributed by atoms with van der Waals surface area (Å²) in [5.41, 5.74) is 0.433. The molecule has 0 radical (unpaired) electrons. The van der Waals surface area contributed by atoms with E-state index in [1.165, 1.54) is 18.2 Å². The Morgan fingerprint density at radius 2 is 1.75 bits per heavy atom. The molecule has 0 amide bonds. The summed E-state index contributed by atoms with van der Waals surface area (Å²) in [6, 6.07) is 15.2. The zero-order valence-corrected chi connectivity index (χ0v) is 13.8. The van der Waals surface area contributed by atoms with Crippen molar-refractivity contribution in [3.8, 4) is 17.9 Å². The van der Waals surface area contributed by atoms with Crippen molar-refractivity contribution in [3.05, 3.63) is 69.2 Å². The van der Waals surface area contributed by atoms with Crippen LogP contribution in [0.4, 0.5) is 0 Å². The van der Waals surface area contributed by atoms with E-state index in [2.05, 4.69) is 0 Å². The summed E-state index contributed by atoms with van der Waals surface area (Å²) in [5.74, 6) is -0.187. The van der Waals surface area contributed by atoms with Crippen molar-refractivity contribution >= 4 is 35.1 Å². The van der Waals surface area contributed by atoms with Crippen LogP contribution in [0.1, 0.15) is 15.9 Å². The molecule has 0 atom stereocenters. The van der Waals surface area contributed by atoms with E-state index < -0.39 is 5.78 Å². The summed E-state index contributed by atoms with van der Waals surface area (Å²) in [7, 11) is 0. The van der Waals surface area contributed by atoms with Gasteiger partial charge in [-0.3, -0.25) is 4.79 Å². The first kappa shape index (κ1) is 17.6. The molecule has 2 aromatic carbocycles. The molecule has 0 aliphatic carbocycles. The number of halogens is 2. The van der Waals surface area contributed by atoms with Gasteiger partial charge in [-0.25, -0.2) is 0 Å². The molecule has 0 fully saturated rings. The van der Waals surface area contributed by atoms with Crippen LogP contribution in [0.2, 0.25) is 10.0 Å². The van der Waals surface area contributed by atoms with Crippen LogP contribution in [0.15, 0.2) is 48.0 Å². The first-order chi connectivity index (χ1) is 11.6. The molecule has 0 aliphatic heterocycles. The molecule has 24 heavy (non-hydrogen) atoms. The lowest BCUT2D eigenvalue weighted by atomic mass is 10.0. The van der Waals surface area contributed by atoms with Crippen molar-refractivity contribution in [2.24, 2.45) is 0 Å². The van der Waals surface area contributed by atoms with Crippen LogP contribution in [0, 0.1) is 22.7 Å². The number of hydrogen-bond acceptors (Lipinski definition) is 4. The molecule has 0 bridgehead atoms. The van der Waals surface area contributed by atoms with Crippen LogP contribution < -0.4 is 4.74 Å². The molecule has 0 saturated heterocycles. The largest absolute Gasteiger partial charge is 0.478 e. The van der Waals surface area contributed by atoms with Gasteiger partial charge in [0.05, 0.1) is 15.6 Å². The highest BCUT2D eigenvalue weighted by molar-refractivity contribution is 6.41. The van der Waals surface area contributed by atoms with E-state index in [4.69, 9.17) is 33.2 Å². The van der Waals surface area contributed by atoms with E-state index in [1.807, 2.05) is 12.1 Å². The average molecular weight is 357 g/mol. The van der Waals surface area contributed by atoms with Crippen LogP contribution >= 0.6 is 23.2 Å². The lowest BCUT2D eigenvalue weighted by Gasteiger charge is -2.07. The van der Waals surface area contributed by atoms with Gasteiger partial charge in [0.1, 0.15) is 23.5 Å². The number of nitriles is 2. The fourth-order valence-corrected chi connectivity index (χ4v) is 2.56. The topological polar surface area (TPSA) is 73.9 Å². The molecule has 0 spiro atoms. The molecule has 0 N–H and O–H groups in total. The Morgan fingerprint density at radius 1 is 1.08 bits per heavy atom. The second-order valence-electron chi connectivity index (χ2n) is 4.58. The van der Waals surface area contributed by atoms with Crippen molar-refractivity contribution in [3.63, 3.8) is 0 Å². The van der Waals surface area contributed by atoms with Gasteiger partial charge < -0.3 is 4.74 Å². The second kappa shape index (κ2) is 8.17. The van der Waals surface area contributed by atoms with E-state index in [1.54, 1.807) is 30.3 Å². The molecule has 6 heteroatoms. The number of Topliss-reactive ketones (excluding diaryl/α,β-unsaturated/α-hetero) is 1. The third-order valence-corrected chi connectivity index (χ3v) is 3.70. The van der Waals surface area contributed by atoms with Gasteiger partial charge in [0.15, 0.2) is 6.61 Å². The quantitative estimate of drug-likeness (QED) is 0.442. The van der Waals surface area contributed by atoms with E-state index in [0.717, 1.165) is 0 Å². The van der Waals surface area contributed by atoms with Crippen LogP contribution in [-0.4, -0.2) is 12.4 Å². The summed E-state index contributed by atoms with van der Waals surface area (Å²) in [6.45, 7) is -0.142. The van der Waals surface area contributed by atoms with E-state index in [0.29, 0.717) is 11.3 Å². The summed E-state index contributed by atoms with van der Waals surface area (Å²) < 4.78 is 5.29. The first-order valence-corrected chi connectivity index (χ1v) is 7.53. The molecule has 0 aromatic heterocycles. The maximum absolute atomic E-state index is 12.6. The number of benzene rings is 2. The predicted molar refractivity (Wildman–Crippen MR) is 91.9 cm³/mol. The minimum absolute atomic E-state index is 0.0732. The zero-order chi connectivity index (χ0) is 17.5. The molecule has 0 saturated carbocycles. The smallest absolute Gasteiger partial charge is 0.206 e. The maximum Gasteiger partial charge on any atom is 0.206 e. The number of allylic oxidation sites excluding steroid dienone is 1. The summed E-state index contributed by atoms with van der Waals surface area (Å²) in [4.78, 5) is 12.6. The Bertz CT molecular complexity index is 872. The van der Waals surface area contributed by atoms with Gasteiger partial charge in [0, 0.05) is 5.56 Å². The van der Waals surface area contributed by atoms with Gasteiger partial charge >= 0.3 is 0 Å². The Morgan fingerprint density at radius 3 is 2.38 bits per heavy atom. The minimum Gasteiger partial charge on any atom is -0.478 e. The molecule has 2 aromatic rings. The fraction of sp³-hybridized carbons (Fsp3) is 0.0556. The lowest BCUT2D eigenvalue weighted by molar-refractivity contribution is 0.104. The Kier molecular flexibility index (Phi) is 5.98. The average Bonchev–Trinajstić information content (AvgIpc) is 2.58. The predicted octanol–water partition coefficient (Wildman–Crippen LogP) is 4.69. The van der Waals surface area contributed by atoms with Crippen LogP contribution in [0.5, 0.6) is 5.75 Å². The molecule has 0 unspecified atom stereocenters. The summed E-state index contributed by atoms with van der Waals surface area (Å²) in [5, 5.41) is 18.3. The number of carbonyl (C=O) groups excluding carboxylic acids is 1. The molecule has 4 nitrogen and oxygen atoms in total. The third kappa shape index (κ3) is 3.94. The SMILES string of the molecule is N#CCOc1ccccc1C=C(C#N)C(=O)c1c(Cl)cccc1Cl. The van der Waals surface area contributed by atoms with Gasteiger partial charge in [0.2, 0.25) is 5.78 Å². The van der Waals surface area contributed by atoms with Crippen molar-refractivity contribution in [2.75, 3.05) is 6.61 Å². The van der Waals surface area contributed by atoms with Gasteiger partial charge in [0.25, 0.3) is 0 Å². The molecular formula is C18H10Cl2N2O2. The molecule has 118 valence electrons. The standard InChI is InChI=1S/C18H10Cl2N2O2/c19-14-5-3-6-15(20)17(14)18(23)13(11-22)10-12-4-1-2-7-16(12)24-9-8-21/h1-7,10H,9H2. The number of carbonyl (C=O) groups is 1. The van der Waals surface area contributed by atoms with Gasteiger partial charge in [-0.2, -0.15) is 10.5 Å². The van der Waals surface area contributed by atoms with Crippen LogP contribution in [-0.2, 0) is 0 Å². The number of para-hydroxylation sites is 1. The van der Waals surface area contributed by atoms with Crippen molar-refractivity contribution in [1.29, 1.82) is 10.5 Å². The van der Waals surface area contributed by atoms with Gasteiger partial charge in [-0.15, -0.1) is 0 Å². The molecule has 0 aliphatic rings. The van der Waals surface area contributed by atoms with E-state index in [-0.39, 0.29) is 27.8 Å². The van der Waals surface area contributed by atoms with Gasteiger partial charge in [-0.1, -0.05) is 47.5 Å². The number of hydrogen-bond donors (Lipinski definition) is 0. The van der Waals surface area contributed by atoms with Crippen molar-refractivity contribution in [2.45, 2.75) is 0 Å². The number of rotatable bonds is 5. The molecule has 2 rings (SSSR count). The van der Waals surface area contributed by atoms with Crippen molar-refractivity contribution in [1.82, 2.24) is 0 Å². The highest BCUT2D eigenvalue weighted by Crippen LogP contribution is 2.28. The number of ketones is 1.